The van der Waals surface area contributed by atoms with Gasteiger partial charge in [-0.2, -0.15) is 5.26 Å². The number of imide groups is 1. The Morgan fingerprint density at radius 2 is 1.11 bits per heavy atom. The Morgan fingerprint density at radius 3 is 1.93 bits per heavy atom. The normalized spacial score (nSPS) is 12.6. The van der Waals surface area contributed by atoms with Gasteiger partial charge in [-0.15, -0.1) is 0 Å². The van der Waals surface area contributed by atoms with Crippen molar-refractivity contribution in [3.05, 3.63) is 156 Å². The number of carbonyl (C=O) groups excluding carboxylic acids is 2. The van der Waals surface area contributed by atoms with Crippen LogP contribution in [0.3, 0.4) is 0 Å². The highest BCUT2D eigenvalue weighted by molar-refractivity contribution is 6.36. The molecule has 2 amide bonds. The van der Waals surface area contributed by atoms with E-state index < -0.39 is 0 Å². The van der Waals surface area contributed by atoms with Gasteiger partial charge in [0.25, 0.3) is 11.8 Å². The number of rotatable bonds is 4. The maximum absolute atomic E-state index is 14.5. The first-order chi connectivity index (χ1) is 21.7. The fourth-order valence-corrected chi connectivity index (χ4v) is 6.43. The standard InChI is InChI=1S/C39H23N3O2/c40-24-25-20-22-27(23-21-25)29-14-8-15-31-30-13-5-7-18-34(30)41(37(29)31)35-19-9-16-32-36(35)39(44)42(38(32)43)33-17-6-4-12-28(33)26-10-2-1-3-11-26/h1-23H. The van der Waals surface area contributed by atoms with Crippen LogP contribution in [0, 0.1) is 11.3 Å². The number of aromatic nitrogens is 1. The minimum Gasteiger partial charge on any atom is -0.308 e. The topological polar surface area (TPSA) is 66.1 Å². The van der Waals surface area contributed by atoms with Crippen LogP contribution in [0.25, 0.3) is 49.7 Å². The van der Waals surface area contributed by atoms with Crippen molar-refractivity contribution in [1.29, 1.82) is 5.26 Å². The first-order valence-electron chi connectivity index (χ1n) is 14.3. The average Bonchev–Trinajstić information content (AvgIpc) is 3.56. The predicted octanol–water partition coefficient (Wildman–Crippen LogP) is 8.79. The van der Waals surface area contributed by atoms with Gasteiger partial charge in [-0.3, -0.25) is 9.59 Å². The number of benzene rings is 6. The summed E-state index contributed by atoms with van der Waals surface area (Å²) in [5.41, 5.74) is 8.03. The van der Waals surface area contributed by atoms with Gasteiger partial charge in [0.05, 0.1) is 45.2 Å². The van der Waals surface area contributed by atoms with Crippen molar-refractivity contribution in [2.45, 2.75) is 0 Å². The molecule has 1 aliphatic rings. The predicted molar refractivity (Wildman–Crippen MR) is 174 cm³/mol. The summed E-state index contributed by atoms with van der Waals surface area (Å²) in [5, 5.41) is 11.4. The second-order valence-electron chi connectivity index (χ2n) is 10.8. The van der Waals surface area contributed by atoms with Crippen molar-refractivity contribution < 1.29 is 9.59 Å². The lowest BCUT2D eigenvalue weighted by Gasteiger charge is -2.19. The van der Waals surface area contributed by atoms with E-state index in [1.165, 1.54) is 4.90 Å². The molecule has 1 aliphatic heterocycles. The maximum Gasteiger partial charge on any atom is 0.268 e. The number of anilines is 1. The summed E-state index contributed by atoms with van der Waals surface area (Å²) in [7, 11) is 0. The van der Waals surface area contributed by atoms with E-state index in [-0.39, 0.29) is 11.8 Å². The zero-order chi connectivity index (χ0) is 29.8. The van der Waals surface area contributed by atoms with Gasteiger partial charge in [-0.05, 0) is 47.5 Å². The number of amides is 2. The van der Waals surface area contributed by atoms with E-state index in [1.807, 2.05) is 115 Å². The fourth-order valence-electron chi connectivity index (χ4n) is 6.43. The van der Waals surface area contributed by atoms with Crippen molar-refractivity contribution in [1.82, 2.24) is 4.57 Å². The molecule has 0 saturated carbocycles. The number of fused-ring (bicyclic) bond motifs is 4. The molecular weight excluding hydrogens is 542 g/mol. The Labute approximate surface area is 253 Å². The van der Waals surface area contributed by atoms with Crippen molar-refractivity contribution in [2.24, 2.45) is 0 Å². The van der Waals surface area contributed by atoms with Gasteiger partial charge < -0.3 is 4.57 Å². The Bertz CT molecular complexity index is 2330. The highest BCUT2D eigenvalue weighted by Crippen LogP contribution is 2.42. The minimum absolute atomic E-state index is 0.344. The van der Waals surface area contributed by atoms with Gasteiger partial charge in [0.1, 0.15) is 0 Å². The maximum atomic E-state index is 14.5. The summed E-state index contributed by atoms with van der Waals surface area (Å²) < 4.78 is 2.11. The van der Waals surface area contributed by atoms with Crippen LogP contribution in [0.4, 0.5) is 5.69 Å². The molecule has 6 aromatic carbocycles. The smallest absolute Gasteiger partial charge is 0.268 e. The summed E-state index contributed by atoms with van der Waals surface area (Å²) in [5.74, 6) is -0.700. The minimum atomic E-state index is -0.356. The molecule has 0 N–H and O–H groups in total. The van der Waals surface area contributed by atoms with Gasteiger partial charge in [0.2, 0.25) is 0 Å². The average molecular weight is 566 g/mol. The third-order valence-electron chi connectivity index (χ3n) is 8.38. The van der Waals surface area contributed by atoms with Crippen molar-refractivity contribution >= 4 is 39.3 Å². The molecule has 0 radical (unpaired) electrons. The highest BCUT2D eigenvalue weighted by atomic mass is 16.2. The van der Waals surface area contributed by atoms with Crippen LogP contribution in [0.15, 0.2) is 140 Å². The molecule has 44 heavy (non-hydrogen) atoms. The second-order valence-corrected chi connectivity index (χ2v) is 10.8. The van der Waals surface area contributed by atoms with Gasteiger partial charge in [-0.1, -0.05) is 103 Å². The molecule has 8 rings (SSSR count). The summed E-state index contributed by atoms with van der Waals surface area (Å²) in [4.78, 5) is 29.8. The van der Waals surface area contributed by atoms with Crippen LogP contribution in [-0.4, -0.2) is 16.4 Å². The molecule has 7 aromatic rings. The number of nitriles is 1. The first kappa shape index (κ1) is 25.5. The molecule has 1 aromatic heterocycles. The molecule has 0 spiro atoms. The van der Waals surface area contributed by atoms with Crippen LogP contribution in [0.2, 0.25) is 0 Å². The van der Waals surface area contributed by atoms with Gasteiger partial charge in [0.15, 0.2) is 0 Å². The van der Waals surface area contributed by atoms with Crippen molar-refractivity contribution in [2.75, 3.05) is 4.90 Å². The molecule has 5 nitrogen and oxygen atoms in total. The molecule has 0 fully saturated rings. The van der Waals surface area contributed by atoms with Crippen LogP contribution in [-0.2, 0) is 0 Å². The number of carbonyl (C=O) groups is 2. The molecule has 2 heterocycles. The van der Waals surface area contributed by atoms with Crippen LogP contribution >= 0.6 is 0 Å². The van der Waals surface area contributed by atoms with Gasteiger partial charge >= 0.3 is 0 Å². The van der Waals surface area contributed by atoms with E-state index in [2.05, 4.69) is 28.8 Å². The third kappa shape index (κ3) is 3.72. The molecule has 0 saturated heterocycles. The van der Waals surface area contributed by atoms with Crippen LogP contribution < -0.4 is 4.90 Å². The molecule has 0 aliphatic carbocycles. The SMILES string of the molecule is N#Cc1ccc(-c2cccc3c4ccccc4n(-c4cccc5c4C(=O)N(c4ccccc4-c4ccccc4)C5=O)c23)cc1. The zero-order valence-corrected chi connectivity index (χ0v) is 23.4. The van der Waals surface area contributed by atoms with E-state index in [9.17, 15) is 14.9 Å². The lowest BCUT2D eigenvalue weighted by Crippen LogP contribution is -2.30. The molecule has 5 heteroatoms. The summed E-state index contributed by atoms with van der Waals surface area (Å²) in [6, 6.07) is 46.8. The molecular formula is C39H23N3O2. The lowest BCUT2D eigenvalue weighted by molar-refractivity contribution is 0.0926. The Balaban J connectivity index is 1.38. The molecule has 206 valence electrons. The first-order valence-corrected chi connectivity index (χ1v) is 14.3. The van der Waals surface area contributed by atoms with Crippen LogP contribution in [0.1, 0.15) is 26.3 Å². The monoisotopic (exact) mass is 565 g/mol. The lowest BCUT2D eigenvalue weighted by atomic mass is 10.0. The Hall–Kier alpha value is -6.25. The Kier molecular flexibility index (Phi) is 5.75. The van der Waals surface area contributed by atoms with Crippen molar-refractivity contribution in [3.8, 4) is 34.0 Å². The van der Waals surface area contributed by atoms with Gasteiger partial charge in [-0.25, -0.2) is 4.90 Å². The second kappa shape index (κ2) is 9.94. The molecule has 0 unspecified atom stereocenters. The summed E-state index contributed by atoms with van der Waals surface area (Å²) in [6.45, 7) is 0. The highest BCUT2D eigenvalue weighted by Gasteiger charge is 2.40. The summed E-state index contributed by atoms with van der Waals surface area (Å²) >= 11 is 0. The van der Waals surface area contributed by atoms with E-state index in [0.717, 1.165) is 44.1 Å². The molecule has 0 bridgehead atoms. The number of nitrogens with zero attached hydrogens (tertiary/aromatic N) is 3. The largest absolute Gasteiger partial charge is 0.308 e. The number of hydrogen-bond donors (Lipinski definition) is 0. The fraction of sp³-hybridized carbons (Fsp3) is 0. The van der Waals surface area contributed by atoms with E-state index >= 15 is 0 Å². The van der Waals surface area contributed by atoms with Gasteiger partial charge in [0, 0.05) is 21.9 Å². The number of hydrogen-bond acceptors (Lipinski definition) is 3. The molecule has 0 atom stereocenters. The van der Waals surface area contributed by atoms with Crippen LogP contribution in [0.5, 0.6) is 0 Å². The quantitative estimate of drug-likeness (QED) is 0.200. The number of para-hydroxylation sites is 3. The Morgan fingerprint density at radius 1 is 0.500 bits per heavy atom. The third-order valence-corrected chi connectivity index (χ3v) is 8.38. The van der Waals surface area contributed by atoms with E-state index in [4.69, 9.17) is 0 Å². The summed E-state index contributed by atoms with van der Waals surface area (Å²) in [6.07, 6.45) is 0. The van der Waals surface area contributed by atoms with E-state index in [0.29, 0.717) is 28.1 Å². The zero-order valence-electron chi connectivity index (χ0n) is 23.4. The van der Waals surface area contributed by atoms with Crippen molar-refractivity contribution in [3.63, 3.8) is 0 Å². The van der Waals surface area contributed by atoms with E-state index in [1.54, 1.807) is 6.07 Å².